The highest BCUT2D eigenvalue weighted by Crippen LogP contribution is 2.18. The second kappa shape index (κ2) is 8.99. The van der Waals surface area contributed by atoms with E-state index in [1.807, 2.05) is 57.1 Å². The molecule has 0 aliphatic carbocycles. The Labute approximate surface area is 151 Å². The third kappa shape index (κ3) is 5.30. The Hall–Kier alpha value is -1.88. The largest absolute Gasteiger partial charge is 0.341 e. The molecule has 0 radical (unpaired) electrons. The minimum absolute atomic E-state index is 0.00416. The van der Waals surface area contributed by atoms with Gasteiger partial charge in [-0.2, -0.15) is 0 Å². The zero-order valence-corrected chi connectivity index (χ0v) is 15.9. The second-order valence-corrected chi connectivity index (χ2v) is 7.36. The van der Waals surface area contributed by atoms with Crippen molar-refractivity contribution in [2.75, 3.05) is 33.7 Å². The Morgan fingerprint density at radius 3 is 2.56 bits per heavy atom. The number of piperidine rings is 1. The van der Waals surface area contributed by atoms with E-state index in [0.29, 0.717) is 12.5 Å². The molecule has 2 rings (SSSR count). The van der Waals surface area contributed by atoms with Crippen molar-refractivity contribution in [3.05, 3.63) is 35.4 Å². The monoisotopic (exact) mass is 345 g/mol. The number of benzene rings is 1. The number of rotatable bonds is 6. The lowest BCUT2D eigenvalue weighted by Gasteiger charge is -2.32. The molecule has 0 aromatic heterocycles. The standard InChI is InChI=1S/C20H31N3O2/c1-15(2)19(24)22(4)13-16-7-9-18(10-8-16)20(25)23-11-5-6-17(14-23)12-21-3/h7-10,15,17,21H,5-6,11-14H2,1-4H3. The quantitative estimate of drug-likeness (QED) is 0.861. The van der Waals surface area contributed by atoms with Crippen LogP contribution < -0.4 is 5.32 Å². The van der Waals surface area contributed by atoms with Gasteiger partial charge in [0.1, 0.15) is 0 Å². The molecule has 0 spiro atoms. The second-order valence-electron chi connectivity index (χ2n) is 7.36. The molecule has 1 unspecified atom stereocenters. The molecule has 1 aliphatic rings. The lowest BCUT2D eigenvalue weighted by molar-refractivity contribution is -0.133. The minimum Gasteiger partial charge on any atom is -0.341 e. The maximum Gasteiger partial charge on any atom is 0.253 e. The van der Waals surface area contributed by atoms with E-state index in [2.05, 4.69) is 5.32 Å². The van der Waals surface area contributed by atoms with Crippen molar-refractivity contribution in [3.8, 4) is 0 Å². The summed E-state index contributed by atoms with van der Waals surface area (Å²) in [5.41, 5.74) is 1.77. The fraction of sp³-hybridized carbons (Fsp3) is 0.600. The van der Waals surface area contributed by atoms with Gasteiger partial charge < -0.3 is 15.1 Å². The fourth-order valence-corrected chi connectivity index (χ4v) is 3.43. The Balaban J connectivity index is 1.97. The average molecular weight is 345 g/mol. The summed E-state index contributed by atoms with van der Waals surface area (Å²) >= 11 is 0. The van der Waals surface area contributed by atoms with E-state index in [4.69, 9.17) is 0 Å². The fourth-order valence-electron chi connectivity index (χ4n) is 3.43. The van der Waals surface area contributed by atoms with E-state index in [0.717, 1.165) is 37.2 Å². The summed E-state index contributed by atoms with van der Waals surface area (Å²) in [6.07, 6.45) is 2.25. The molecular weight excluding hydrogens is 314 g/mol. The smallest absolute Gasteiger partial charge is 0.253 e. The van der Waals surface area contributed by atoms with Gasteiger partial charge in [0.25, 0.3) is 5.91 Å². The van der Waals surface area contributed by atoms with Crippen LogP contribution in [0.25, 0.3) is 0 Å². The first kappa shape index (κ1) is 19.4. The molecule has 1 aromatic carbocycles. The summed E-state index contributed by atoms with van der Waals surface area (Å²) in [4.78, 5) is 28.4. The van der Waals surface area contributed by atoms with Crippen LogP contribution in [0.4, 0.5) is 0 Å². The first-order chi connectivity index (χ1) is 11.9. The van der Waals surface area contributed by atoms with Crippen molar-refractivity contribution >= 4 is 11.8 Å². The van der Waals surface area contributed by atoms with Crippen molar-refractivity contribution < 1.29 is 9.59 Å². The van der Waals surface area contributed by atoms with Crippen LogP contribution in [0.15, 0.2) is 24.3 Å². The molecular formula is C20H31N3O2. The van der Waals surface area contributed by atoms with Crippen molar-refractivity contribution in [2.45, 2.75) is 33.2 Å². The van der Waals surface area contributed by atoms with Gasteiger partial charge >= 0.3 is 0 Å². The molecule has 1 aromatic rings. The van der Waals surface area contributed by atoms with Gasteiger partial charge in [-0.3, -0.25) is 9.59 Å². The number of carbonyl (C=O) groups is 2. The van der Waals surface area contributed by atoms with Gasteiger partial charge in [-0.05, 0) is 50.0 Å². The molecule has 138 valence electrons. The summed E-state index contributed by atoms with van der Waals surface area (Å²) in [6.45, 7) is 7.00. The molecule has 5 nitrogen and oxygen atoms in total. The highest BCUT2D eigenvalue weighted by molar-refractivity contribution is 5.94. The van der Waals surface area contributed by atoms with E-state index in [1.54, 1.807) is 4.90 Å². The van der Waals surface area contributed by atoms with Gasteiger partial charge in [0.2, 0.25) is 5.91 Å². The van der Waals surface area contributed by atoms with E-state index >= 15 is 0 Å². The third-order valence-electron chi connectivity index (χ3n) is 4.79. The Kier molecular flexibility index (Phi) is 7.00. The summed E-state index contributed by atoms with van der Waals surface area (Å²) in [5.74, 6) is 0.774. The molecule has 1 atom stereocenters. The van der Waals surface area contributed by atoms with Crippen molar-refractivity contribution in [1.29, 1.82) is 0 Å². The predicted octanol–water partition coefficient (Wildman–Crippen LogP) is 2.37. The van der Waals surface area contributed by atoms with Crippen LogP contribution in [0.1, 0.15) is 42.6 Å². The number of hydrogen-bond donors (Lipinski definition) is 1. The Morgan fingerprint density at radius 2 is 1.96 bits per heavy atom. The summed E-state index contributed by atoms with van der Waals surface area (Å²) < 4.78 is 0. The highest BCUT2D eigenvalue weighted by Gasteiger charge is 2.24. The minimum atomic E-state index is -0.00416. The van der Waals surface area contributed by atoms with Crippen molar-refractivity contribution in [3.63, 3.8) is 0 Å². The first-order valence-corrected chi connectivity index (χ1v) is 9.20. The molecule has 1 saturated heterocycles. The predicted molar refractivity (Wildman–Crippen MR) is 100 cm³/mol. The van der Waals surface area contributed by atoms with Gasteiger partial charge in [0.15, 0.2) is 0 Å². The van der Waals surface area contributed by atoms with Crippen LogP contribution in [-0.4, -0.2) is 55.3 Å². The molecule has 0 saturated carbocycles. The van der Waals surface area contributed by atoms with Crippen LogP contribution in [0, 0.1) is 11.8 Å². The molecule has 1 aliphatic heterocycles. The number of amides is 2. The maximum atomic E-state index is 12.7. The van der Waals surface area contributed by atoms with Gasteiger partial charge in [0.05, 0.1) is 0 Å². The van der Waals surface area contributed by atoms with Crippen LogP contribution >= 0.6 is 0 Å². The molecule has 2 amide bonds. The maximum absolute atomic E-state index is 12.7. The Bertz CT molecular complexity index is 581. The number of carbonyl (C=O) groups excluding carboxylic acids is 2. The van der Waals surface area contributed by atoms with E-state index < -0.39 is 0 Å². The zero-order chi connectivity index (χ0) is 18.4. The van der Waals surface area contributed by atoms with Gasteiger partial charge in [-0.15, -0.1) is 0 Å². The first-order valence-electron chi connectivity index (χ1n) is 9.20. The van der Waals surface area contributed by atoms with Crippen LogP contribution in [0.2, 0.25) is 0 Å². The van der Waals surface area contributed by atoms with Crippen molar-refractivity contribution in [2.24, 2.45) is 11.8 Å². The van der Waals surface area contributed by atoms with Gasteiger partial charge in [-0.1, -0.05) is 26.0 Å². The lowest BCUT2D eigenvalue weighted by atomic mass is 9.97. The Morgan fingerprint density at radius 1 is 1.28 bits per heavy atom. The summed E-state index contributed by atoms with van der Waals surface area (Å²) in [7, 11) is 3.78. The zero-order valence-electron chi connectivity index (χ0n) is 15.9. The van der Waals surface area contributed by atoms with E-state index in [-0.39, 0.29) is 17.7 Å². The normalized spacial score (nSPS) is 17.6. The lowest BCUT2D eigenvalue weighted by Crippen LogP contribution is -2.42. The molecule has 1 heterocycles. The number of nitrogens with zero attached hydrogens (tertiary/aromatic N) is 2. The van der Waals surface area contributed by atoms with Crippen LogP contribution in [0.5, 0.6) is 0 Å². The van der Waals surface area contributed by atoms with Crippen molar-refractivity contribution in [1.82, 2.24) is 15.1 Å². The SMILES string of the molecule is CNCC1CCCN(C(=O)c2ccc(CN(C)C(=O)C(C)C)cc2)C1. The molecule has 5 heteroatoms. The third-order valence-corrected chi connectivity index (χ3v) is 4.79. The number of likely N-dealkylation sites (tertiary alicyclic amines) is 1. The van der Waals surface area contributed by atoms with Gasteiger partial charge in [0, 0.05) is 38.2 Å². The number of hydrogen-bond acceptors (Lipinski definition) is 3. The summed E-state index contributed by atoms with van der Waals surface area (Å²) in [6, 6.07) is 7.67. The number of nitrogens with one attached hydrogen (secondary N) is 1. The summed E-state index contributed by atoms with van der Waals surface area (Å²) in [5, 5.41) is 3.21. The molecule has 1 N–H and O–H groups in total. The molecule has 1 fully saturated rings. The van der Waals surface area contributed by atoms with E-state index in [1.165, 1.54) is 6.42 Å². The molecule has 25 heavy (non-hydrogen) atoms. The van der Waals surface area contributed by atoms with E-state index in [9.17, 15) is 9.59 Å². The molecule has 0 bridgehead atoms. The van der Waals surface area contributed by atoms with Crippen LogP contribution in [-0.2, 0) is 11.3 Å². The highest BCUT2D eigenvalue weighted by atomic mass is 16.2. The van der Waals surface area contributed by atoms with Crippen LogP contribution in [0.3, 0.4) is 0 Å². The van der Waals surface area contributed by atoms with Gasteiger partial charge in [-0.25, -0.2) is 0 Å². The average Bonchev–Trinajstić information content (AvgIpc) is 2.61. The topological polar surface area (TPSA) is 52.7 Å².